The minimum Gasteiger partial charge on any atom is -0.351 e. The Morgan fingerprint density at radius 1 is 1.21 bits per heavy atom. The molecule has 1 atom stereocenters. The van der Waals surface area contributed by atoms with Gasteiger partial charge in [0.25, 0.3) is 0 Å². The summed E-state index contributed by atoms with van der Waals surface area (Å²) in [5.74, 6) is 1.16. The van der Waals surface area contributed by atoms with Gasteiger partial charge in [0, 0.05) is 29.9 Å². The van der Waals surface area contributed by atoms with Gasteiger partial charge in [-0.05, 0) is 53.1 Å². The van der Waals surface area contributed by atoms with E-state index in [-0.39, 0.29) is 0 Å². The van der Waals surface area contributed by atoms with Crippen molar-refractivity contribution in [2.24, 2.45) is 0 Å². The fourth-order valence-electron chi connectivity index (χ4n) is 3.10. The molecule has 1 N–H and O–H groups in total. The number of aromatic nitrogens is 1. The smallest absolute Gasteiger partial charge is 0.133 e. The Hall–Kier alpha value is -1.09. The highest BCUT2D eigenvalue weighted by Crippen LogP contribution is 2.31. The van der Waals surface area contributed by atoms with Crippen LogP contribution in [0.5, 0.6) is 0 Å². The Bertz CT molecular complexity index is 387. The number of nitrogens with zero attached hydrogens (tertiary/aromatic N) is 2. The van der Waals surface area contributed by atoms with Gasteiger partial charge in [-0.15, -0.1) is 0 Å². The monoisotopic (exact) mass is 261 g/mol. The van der Waals surface area contributed by atoms with Crippen LogP contribution in [0.1, 0.15) is 58.6 Å². The van der Waals surface area contributed by atoms with E-state index in [1.807, 2.05) is 6.20 Å². The summed E-state index contributed by atoms with van der Waals surface area (Å²) >= 11 is 0. The molecule has 1 fully saturated rings. The normalized spacial score (nSPS) is 20.0. The third-order valence-electron chi connectivity index (χ3n) is 3.86. The summed E-state index contributed by atoms with van der Waals surface area (Å²) in [5.41, 5.74) is 1.37. The summed E-state index contributed by atoms with van der Waals surface area (Å²) in [6.45, 7) is 10.1. The third kappa shape index (κ3) is 3.27. The lowest BCUT2D eigenvalue weighted by Gasteiger charge is -2.35. The lowest BCUT2D eigenvalue weighted by Crippen LogP contribution is -2.39. The number of hydrogen-bond donors (Lipinski definition) is 1. The van der Waals surface area contributed by atoms with Crippen molar-refractivity contribution >= 4 is 5.82 Å². The Morgan fingerprint density at radius 2 is 1.95 bits per heavy atom. The van der Waals surface area contributed by atoms with E-state index < -0.39 is 0 Å². The molecule has 1 saturated heterocycles. The zero-order valence-corrected chi connectivity index (χ0v) is 12.7. The van der Waals surface area contributed by atoms with Gasteiger partial charge in [-0.2, -0.15) is 0 Å². The molecule has 1 aliphatic rings. The summed E-state index contributed by atoms with van der Waals surface area (Å²) < 4.78 is 0. The average molecular weight is 261 g/mol. The van der Waals surface area contributed by atoms with Crippen LogP contribution in [-0.4, -0.2) is 23.6 Å². The molecule has 1 aliphatic heterocycles. The first-order valence-corrected chi connectivity index (χ1v) is 7.58. The van der Waals surface area contributed by atoms with Crippen LogP contribution in [0.4, 0.5) is 5.82 Å². The molecule has 19 heavy (non-hydrogen) atoms. The number of hydrogen-bond acceptors (Lipinski definition) is 3. The maximum atomic E-state index is 4.68. The first kappa shape index (κ1) is 14.3. The topological polar surface area (TPSA) is 28.2 Å². The van der Waals surface area contributed by atoms with Crippen LogP contribution in [0, 0.1) is 0 Å². The highest BCUT2D eigenvalue weighted by molar-refractivity contribution is 5.50. The summed E-state index contributed by atoms with van der Waals surface area (Å²) in [6, 6.07) is 5.71. The predicted molar refractivity (Wildman–Crippen MR) is 81.6 cm³/mol. The number of pyridine rings is 1. The van der Waals surface area contributed by atoms with Crippen molar-refractivity contribution in [3.8, 4) is 0 Å². The number of anilines is 1. The minimum atomic E-state index is 0.470. The van der Waals surface area contributed by atoms with E-state index in [1.165, 1.54) is 24.8 Å². The Morgan fingerprint density at radius 3 is 2.53 bits per heavy atom. The molecule has 1 aromatic rings. The van der Waals surface area contributed by atoms with Crippen LogP contribution in [0.15, 0.2) is 18.3 Å². The Labute approximate surface area is 117 Å². The minimum absolute atomic E-state index is 0.470. The van der Waals surface area contributed by atoms with Crippen molar-refractivity contribution in [1.29, 1.82) is 0 Å². The van der Waals surface area contributed by atoms with Gasteiger partial charge in [-0.3, -0.25) is 0 Å². The lowest BCUT2D eigenvalue weighted by atomic mass is 9.97. The molecule has 2 heterocycles. The molecule has 0 bridgehead atoms. The second kappa shape index (κ2) is 6.38. The largest absolute Gasteiger partial charge is 0.351 e. The van der Waals surface area contributed by atoms with E-state index >= 15 is 0 Å². The number of nitrogens with one attached hydrogen (secondary N) is 1. The van der Waals surface area contributed by atoms with Gasteiger partial charge in [0.15, 0.2) is 0 Å². The van der Waals surface area contributed by atoms with Gasteiger partial charge in [0.1, 0.15) is 5.82 Å². The highest BCUT2D eigenvalue weighted by Gasteiger charge is 2.24. The Balaban J connectivity index is 2.33. The van der Waals surface area contributed by atoms with E-state index in [2.05, 4.69) is 55.0 Å². The van der Waals surface area contributed by atoms with Gasteiger partial charge < -0.3 is 10.2 Å². The summed E-state index contributed by atoms with van der Waals surface area (Å²) in [6.07, 6.45) is 5.75. The molecule has 0 radical (unpaired) electrons. The average Bonchev–Trinajstić information content (AvgIpc) is 2.39. The molecule has 0 saturated carbocycles. The molecule has 0 spiro atoms. The zero-order valence-electron chi connectivity index (χ0n) is 12.7. The summed E-state index contributed by atoms with van der Waals surface area (Å²) in [7, 11) is 0. The molecule has 0 amide bonds. The first-order valence-electron chi connectivity index (χ1n) is 7.58. The third-order valence-corrected chi connectivity index (χ3v) is 3.86. The molecular formula is C16H27N3. The molecule has 106 valence electrons. The quantitative estimate of drug-likeness (QED) is 0.899. The van der Waals surface area contributed by atoms with Crippen molar-refractivity contribution < 1.29 is 0 Å². The van der Waals surface area contributed by atoms with Crippen molar-refractivity contribution in [3.05, 3.63) is 23.9 Å². The summed E-state index contributed by atoms with van der Waals surface area (Å²) in [5, 5.41) is 3.64. The highest BCUT2D eigenvalue weighted by atomic mass is 15.2. The van der Waals surface area contributed by atoms with E-state index in [4.69, 9.17) is 0 Å². The molecule has 2 rings (SSSR count). The molecular weight excluding hydrogens is 234 g/mol. The lowest BCUT2D eigenvalue weighted by molar-refractivity contribution is 0.410. The molecule has 3 heteroatoms. The molecule has 3 nitrogen and oxygen atoms in total. The van der Waals surface area contributed by atoms with Crippen LogP contribution in [0.2, 0.25) is 0 Å². The second-order valence-electron chi connectivity index (χ2n) is 6.01. The van der Waals surface area contributed by atoms with Crippen LogP contribution in [0.25, 0.3) is 0 Å². The van der Waals surface area contributed by atoms with Crippen LogP contribution < -0.4 is 10.2 Å². The standard InChI is InChI=1S/C16H27N3/c1-12(2)19(13(3)4)16-14(8-7-11-18-16)15-9-5-6-10-17-15/h7-8,11-13,15,17H,5-6,9-10H2,1-4H3/t15-/m1/s1. The van der Waals surface area contributed by atoms with Gasteiger partial charge in [0.05, 0.1) is 0 Å². The maximum absolute atomic E-state index is 4.68. The summed E-state index contributed by atoms with van der Waals surface area (Å²) in [4.78, 5) is 7.10. The fourth-order valence-corrected chi connectivity index (χ4v) is 3.10. The molecule has 0 aromatic carbocycles. The predicted octanol–water partition coefficient (Wildman–Crippen LogP) is 3.52. The van der Waals surface area contributed by atoms with Crippen molar-refractivity contribution in [1.82, 2.24) is 10.3 Å². The molecule has 0 unspecified atom stereocenters. The molecule has 1 aromatic heterocycles. The maximum Gasteiger partial charge on any atom is 0.133 e. The van der Waals surface area contributed by atoms with Crippen LogP contribution in [-0.2, 0) is 0 Å². The van der Waals surface area contributed by atoms with Gasteiger partial charge in [0.2, 0.25) is 0 Å². The van der Waals surface area contributed by atoms with Crippen molar-refractivity contribution in [2.75, 3.05) is 11.4 Å². The van der Waals surface area contributed by atoms with Crippen LogP contribution in [0.3, 0.4) is 0 Å². The van der Waals surface area contributed by atoms with Gasteiger partial charge in [-0.1, -0.05) is 12.5 Å². The van der Waals surface area contributed by atoms with Crippen LogP contribution >= 0.6 is 0 Å². The SMILES string of the molecule is CC(C)N(c1ncccc1[C@H]1CCCCN1)C(C)C. The first-order chi connectivity index (χ1) is 9.11. The number of piperidine rings is 1. The van der Waals surface area contributed by atoms with Gasteiger partial charge in [-0.25, -0.2) is 4.98 Å². The van der Waals surface area contributed by atoms with E-state index in [0.29, 0.717) is 18.1 Å². The zero-order chi connectivity index (χ0) is 13.8. The van der Waals surface area contributed by atoms with Crippen molar-refractivity contribution in [2.45, 2.75) is 65.1 Å². The van der Waals surface area contributed by atoms with E-state index in [0.717, 1.165) is 12.4 Å². The second-order valence-corrected chi connectivity index (χ2v) is 6.01. The van der Waals surface area contributed by atoms with E-state index in [1.54, 1.807) is 0 Å². The van der Waals surface area contributed by atoms with Crippen molar-refractivity contribution in [3.63, 3.8) is 0 Å². The van der Waals surface area contributed by atoms with E-state index in [9.17, 15) is 0 Å². The van der Waals surface area contributed by atoms with Gasteiger partial charge >= 0.3 is 0 Å². The fraction of sp³-hybridized carbons (Fsp3) is 0.688. The Kier molecular flexibility index (Phi) is 4.81. The molecule has 0 aliphatic carbocycles. The number of rotatable bonds is 4.